The average molecular weight is 632 g/mol. The largest absolute Gasteiger partial charge is 0.389 e. The minimum absolute atomic E-state index is 0. The first-order valence-electron chi connectivity index (χ1n) is 15.7. The second kappa shape index (κ2) is 19.8. The predicted octanol–water partition coefficient (Wildman–Crippen LogP) is 4.02. The molecular weight excluding hydrogens is 575 g/mol. The third-order valence-electron chi connectivity index (χ3n) is 9.05. The van der Waals surface area contributed by atoms with Crippen molar-refractivity contribution in [2.24, 2.45) is 29.2 Å². The fourth-order valence-electron chi connectivity index (χ4n) is 6.53. The molecule has 10 heteroatoms. The van der Waals surface area contributed by atoms with Gasteiger partial charge in [-0.25, -0.2) is 0 Å². The van der Waals surface area contributed by atoms with E-state index in [9.17, 15) is 19.8 Å². The Morgan fingerprint density at radius 1 is 0.786 bits per heavy atom. The molecule has 2 aliphatic carbocycles. The number of hydrogen-bond acceptors (Lipinski definition) is 6. The molecule has 6 atom stereocenters. The lowest BCUT2D eigenvalue weighted by atomic mass is 9.80. The number of nitrogens with two attached hydrogens (primary N) is 2. The summed E-state index contributed by atoms with van der Waals surface area (Å²) in [5, 5.41) is 28.3. The third-order valence-corrected chi connectivity index (χ3v) is 9.05. The second-order valence-corrected chi connectivity index (χ2v) is 12.8. The number of nitrogens with one attached hydrogen (secondary N) is 2. The number of carbonyl (C=O) groups is 2. The summed E-state index contributed by atoms with van der Waals surface area (Å²) in [6.45, 7) is 3.74. The van der Waals surface area contributed by atoms with Crippen molar-refractivity contribution in [1.29, 1.82) is 0 Å². The summed E-state index contributed by atoms with van der Waals surface area (Å²) < 4.78 is 0. The van der Waals surface area contributed by atoms with Crippen LogP contribution in [-0.2, 0) is 16.0 Å². The quantitative estimate of drug-likeness (QED) is 0.183. The molecule has 8 N–H and O–H groups in total. The number of aliphatic hydroxyl groups is 2. The topological polar surface area (TPSA) is 151 Å². The van der Waals surface area contributed by atoms with Gasteiger partial charge in [-0.15, -0.1) is 24.8 Å². The number of benzene rings is 1. The van der Waals surface area contributed by atoms with Crippen LogP contribution >= 0.6 is 24.8 Å². The minimum Gasteiger partial charge on any atom is -0.389 e. The molecule has 0 aliphatic heterocycles. The van der Waals surface area contributed by atoms with Crippen molar-refractivity contribution in [1.82, 2.24) is 10.6 Å². The Morgan fingerprint density at radius 2 is 1.31 bits per heavy atom. The Kier molecular flexibility index (Phi) is 18.2. The van der Waals surface area contributed by atoms with E-state index >= 15 is 0 Å². The lowest BCUT2D eigenvalue weighted by Gasteiger charge is -2.36. The van der Waals surface area contributed by atoms with Crippen LogP contribution in [0.4, 0.5) is 0 Å². The van der Waals surface area contributed by atoms with Crippen molar-refractivity contribution in [2.75, 3.05) is 0 Å². The molecule has 8 nitrogen and oxygen atoms in total. The molecule has 2 fully saturated rings. The fourth-order valence-corrected chi connectivity index (χ4v) is 6.53. The molecular formula is C32H56Cl2N4O4. The van der Waals surface area contributed by atoms with Gasteiger partial charge in [-0.3, -0.25) is 9.59 Å². The molecule has 2 amide bonds. The molecule has 0 bridgehead atoms. The number of aliphatic hydroxyl groups excluding tert-OH is 2. The van der Waals surface area contributed by atoms with Gasteiger partial charge in [0, 0.05) is 6.04 Å². The molecule has 42 heavy (non-hydrogen) atoms. The number of carbonyl (C=O) groups excluding carboxylic acids is 2. The molecule has 0 unspecified atom stereocenters. The monoisotopic (exact) mass is 630 g/mol. The van der Waals surface area contributed by atoms with Crippen LogP contribution in [0, 0.1) is 17.8 Å². The molecule has 3 rings (SSSR count). The van der Waals surface area contributed by atoms with Crippen molar-refractivity contribution >= 4 is 36.6 Å². The molecule has 0 spiro atoms. The third kappa shape index (κ3) is 12.3. The van der Waals surface area contributed by atoms with Crippen molar-refractivity contribution in [2.45, 2.75) is 134 Å². The smallest absolute Gasteiger partial charge is 0.243 e. The van der Waals surface area contributed by atoms with Crippen LogP contribution in [0.3, 0.4) is 0 Å². The normalized spacial score (nSPS) is 20.6. The van der Waals surface area contributed by atoms with Gasteiger partial charge in [0.15, 0.2) is 0 Å². The van der Waals surface area contributed by atoms with E-state index in [2.05, 4.69) is 10.6 Å². The first kappa shape index (κ1) is 38.6. The van der Waals surface area contributed by atoms with Crippen LogP contribution in [0.25, 0.3) is 0 Å². The highest BCUT2D eigenvalue weighted by molar-refractivity contribution is 5.90. The molecule has 0 saturated heterocycles. The maximum absolute atomic E-state index is 13.6. The Morgan fingerprint density at radius 3 is 1.83 bits per heavy atom. The zero-order valence-electron chi connectivity index (χ0n) is 25.5. The number of halogens is 2. The summed E-state index contributed by atoms with van der Waals surface area (Å²) in [6.07, 6.45) is 10.7. The van der Waals surface area contributed by atoms with Crippen molar-refractivity contribution in [3.05, 3.63) is 35.9 Å². The highest BCUT2D eigenvalue weighted by Gasteiger charge is 2.36. The molecule has 1 aromatic rings. The fraction of sp³-hybridized carbons (Fsp3) is 0.750. The Labute approximate surface area is 265 Å². The van der Waals surface area contributed by atoms with Crippen LogP contribution in [-0.4, -0.2) is 58.4 Å². The predicted molar refractivity (Wildman–Crippen MR) is 174 cm³/mol. The van der Waals surface area contributed by atoms with Gasteiger partial charge in [0.1, 0.15) is 12.1 Å². The van der Waals surface area contributed by atoms with Crippen molar-refractivity contribution in [3.8, 4) is 0 Å². The lowest BCUT2D eigenvalue weighted by molar-refractivity contribution is -0.132. The zero-order chi connectivity index (χ0) is 29.1. The highest BCUT2D eigenvalue weighted by Crippen LogP contribution is 2.30. The number of hydrogen-bond donors (Lipinski definition) is 6. The van der Waals surface area contributed by atoms with E-state index in [1.54, 1.807) is 0 Å². The highest BCUT2D eigenvalue weighted by atomic mass is 35.5. The van der Waals surface area contributed by atoms with Crippen LogP contribution in [0.2, 0.25) is 0 Å². The molecule has 0 radical (unpaired) electrons. The van der Waals surface area contributed by atoms with Gasteiger partial charge in [0.25, 0.3) is 0 Å². The zero-order valence-corrected chi connectivity index (χ0v) is 27.1. The van der Waals surface area contributed by atoms with E-state index in [4.69, 9.17) is 11.5 Å². The van der Waals surface area contributed by atoms with E-state index in [-0.39, 0.29) is 36.6 Å². The van der Waals surface area contributed by atoms with Gasteiger partial charge < -0.3 is 32.3 Å². The van der Waals surface area contributed by atoms with Gasteiger partial charge in [-0.2, -0.15) is 0 Å². The first-order valence-corrected chi connectivity index (χ1v) is 15.7. The van der Waals surface area contributed by atoms with Crippen LogP contribution in [0.5, 0.6) is 0 Å². The summed E-state index contributed by atoms with van der Waals surface area (Å²) in [7, 11) is 0. The number of rotatable bonds is 14. The summed E-state index contributed by atoms with van der Waals surface area (Å²) >= 11 is 0. The van der Waals surface area contributed by atoms with Crippen LogP contribution < -0.4 is 22.1 Å². The van der Waals surface area contributed by atoms with Crippen LogP contribution in [0.15, 0.2) is 30.3 Å². The summed E-state index contributed by atoms with van der Waals surface area (Å²) in [5.41, 5.74) is 13.6. The number of amides is 2. The van der Waals surface area contributed by atoms with Gasteiger partial charge >= 0.3 is 0 Å². The SMILES string of the molecule is CC(C)[C@H](NC(=O)[C@@H](N)Cc1ccccc1)C(=O)N[C@@H](CC1CCCCC1)[C@H](O)[C@@H](O)[C@@H](N)CC1CCCCC1.Cl.Cl. The van der Waals surface area contributed by atoms with Gasteiger partial charge in [-0.05, 0) is 42.6 Å². The maximum Gasteiger partial charge on any atom is 0.243 e. The molecule has 2 saturated carbocycles. The van der Waals surface area contributed by atoms with E-state index in [0.717, 1.165) is 44.1 Å². The van der Waals surface area contributed by atoms with Crippen LogP contribution in [0.1, 0.15) is 96.5 Å². The molecule has 2 aliphatic rings. The van der Waals surface area contributed by atoms with Gasteiger partial charge in [0.05, 0.1) is 18.2 Å². The first-order chi connectivity index (χ1) is 19.2. The molecule has 0 aromatic heterocycles. The molecule has 242 valence electrons. The van der Waals surface area contributed by atoms with E-state index < -0.39 is 42.3 Å². The summed E-state index contributed by atoms with van der Waals surface area (Å²) in [6, 6.07) is 6.73. The Balaban J connectivity index is 0.00000441. The molecule has 1 aromatic carbocycles. The average Bonchev–Trinajstić information content (AvgIpc) is 2.95. The van der Waals surface area contributed by atoms with E-state index in [0.29, 0.717) is 31.1 Å². The Hall–Kier alpha value is -1.42. The summed E-state index contributed by atoms with van der Waals surface area (Å²) in [4.78, 5) is 26.5. The van der Waals surface area contributed by atoms with Gasteiger partial charge in [0.2, 0.25) is 11.8 Å². The lowest BCUT2D eigenvalue weighted by Crippen LogP contribution is -2.60. The second-order valence-electron chi connectivity index (χ2n) is 12.8. The van der Waals surface area contributed by atoms with E-state index in [1.165, 1.54) is 25.7 Å². The summed E-state index contributed by atoms with van der Waals surface area (Å²) in [5.74, 6) is -0.127. The standard InChI is InChI=1S/C32H54N4O4.2ClH/c1-21(2)28(36-31(39)26(34)19-23-14-8-4-9-15-23)32(40)35-27(20-24-16-10-5-11-17-24)30(38)29(37)25(33)18-22-12-6-3-7-13-22;;/h4,8-9,14-15,21-22,24-30,37-38H,3,5-7,10-13,16-20,33-34H2,1-2H3,(H,35,40)(H,36,39);2*1H/t25-,26-,27-,28-,29-,30-;;/m0../s1. The van der Waals surface area contributed by atoms with Crippen molar-refractivity contribution in [3.63, 3.8) is 0 Å². The van der Waals surface area contributed by atoms with E-state index in [1.807, 2.05) is 44.2 Å². The van der Waals surface area contributed by atoms with Crippen molar-refractivity contribution < 1.29 is 19.8 Å². The van der Waals surface area contributed by atoms with Gasteiger partial charge in [-0.1, -0.05) is 108 Å². The minimum atomic E-state index is -1.19. The Bertz CT molecular complexity index is 898. The molecule has 0 heterocycles. The maximum atomic E-state index is 13.6.